The molecule has 6 heteroatoms. The fourth-order valence-corrected chi connectivity index (χ4v) is 4.78. The largest absolute Gasteiger partial charge is 0.379 e. The van der Waals surface area contributed by atoms with Gasteiger partial charge in [0, 0.05) is 57.1 Å². The van der Waals surface area contributed by atoms with E-state index in [4.69, 9.17) is 4.74 Å². The number of hydrogen-bond acceptors (Lipinski definition) is 6. The highest BCUT2D eigenvalue weighted by Crippen LogP contribution is 2.24. The van der Waals surface area contributed by atoms with E-state index in [2.05, 4.69) is 32.3 Å². The molecule has 0 aliphatic carbocycles. The fourth-order valence-electron chi connectivity index (χ4n) is 3.98. The van der Waals surface area contributed by atoms with Crippen molar-refractivity contribution in [3.8, 4) is 0 Å². The average Bonchev–Trinajstić information content (AvgIpc) is 2.92. The van der Waals surface area contributed by atoms with Gasteiger partial charge in [0.1, 0.15) is 0 Å². The van der Waals surface area contributed by atoms with Crippen molar-refractivity contribution in [3.05, 3.63) is 52.0 Å². The summed E-state index contributed by atoms with van der Waals surface area (Å²) in [6.45, 7) is 8.22. The maximum absolute atomic E-state index is 11.6. The predicted molar refractivity (Wildman–Crippen MR) is 102 cm³/mol. The molecular formula is C20H25N3O2S. The molecule has 4 rings (SSSR count). The molecule has 2 aromatic rings. The summed E-state index contributed by atoms with van der Waals surface area (Å²) in [5.74, 6) is 0.673. The lowest BCUT2D eigenvalue weighted by Crippen LogP contribution is -2.43. The van der Waals surface area contributed by atoms with Crippen LogP contribution in [0.1, 0.15) is 27.7 Å². The summed E-state index contributed by atoms with van der Waals surface area (Å²) in [7, 11) is 0. The quantitative estimate of drug-likeness (QED) is 0.756. The summed E-state index contributed by atoms with van der Waals surface area (Å²) in [5.41, 5.74) is 2.51. The molecule has 0 unspecified atom stereocenters. The van der Waals surface area contributed by atoms with Crippen LogP contribution in [0, 0.1) is 5.92 Å². The lowest BCUT2D eigenvalue weighted by molar-refractivity contribution is 0.0470. The second kappa shape index (κ2) is 7.96. The van der Waals surface area contributed by atoms with E-state index in [-0.39, 0.29) is 5.78 Å². The number of pyridine rings is 1. The zero-order chi connectivity index (χ0) is 17.9. The van der Waals surface area contributed by atoms with E-state index in [9.17, 15) is 4.79 Å². The molecule has 0 amide bonds. The fraction of sp³-hybridized carbons (Fsp3) is 0.500. The number of carbonyl (C=O) groups is 1. The Morgan fingerprint density at radius 3 is 2.96 bits per heavy atom. The van der Waals surface area contributed by atoms with E-state index < -0.39 is 0 Å². The molecule has 5 nitrogen and oxygen atoms in total. The van der Waals surface area contributed by atoms with Gasteiger partial charge in [-0.15, -0.1) is 11.3 Å². The zero-order valence-electron chi connectivity index (χ0n) is 15.1. The maximum Gasteiger partial charge on any atom is 0.169 e. The molecular weight excluding hydrogens is 346 g/mol. The number of hydrogen-bond donors (Lipinski definition) is 0. The van der Waals surface area contributed by atoms with Crippen molar-refractivity contribution in [2.75, 3.05) is 32.8 Å². The number of fused-ring (bicyclic) bond motifs is 3. The molecule has 2 aliphatic rings. The van der Waals surface area contributed by atoms with E-state index >= 15 is 0 Å². The molecule has 0 spiro atoms. The van der Waals surface area contributed by atoms with Crippen LogP contribution < -0.4 is 0 Å². The Kier molecular flexibility index (Phi) is 5.45. The molecule has 138 valence electrons. The van der Waals surface area contributed by atoms with Gasteiger partial charge in [-0.05, 0) is 35.6 Å². The Labute approximate surface area is 158 Å². The summed E-state index contributed by atoms with van der Waals surface area (Å²) in [4.78, 5) is 21.8. The van der Waals surface area contributed by atoms with Crippen LogP contribution in [0.3, 0.4) is 0 Å². The van der Waals surface area contributed by atoms with Gasteiger partial charge in [0.05, 0.1) is 18.1 Å². The smallest absolute Gasteiger partial charge is 0.169 e. The number of thiophene rings is 1. The summed E-state index contributed by atoms with van der Waals surface area (Å²) in [6.07, 6.45) is 3.79. The Morgan fingerprint density at radius 1 is 1.27 bits per heavy atom. The van der Waals surface area contributed by atoms with Crippen LogP contribution in [-0.2, 0) is 17.8 Å². The normalized spacial score (nSPS) is 24.3. The van der Waals surface area contributed by atoms with Crippen LogP contribution in [-0.4, -0.2) is 59.5 Å². The molecule has 2 bridgehead atoms. The van der Waals surface area contributed by atoms with Gasteiger partial charge >= 0.3 is 0 Å². The first-order valence-electron chi connectivity index (χ1n) is 9.19. The molecule has 2 saturated heterocycles. The molecule has 2 fully saturated rings. The Bertz CT molecular complexity index is 749. The van der Waals surface area contributed by atoms with Crippen molar-refractivity contribution in [1.82, 2.24) is 14.8 Å². The van der Waals surface area contributed by atoms with Crippen molar-refractivity contribution in [1.29, 1.82) is 0 Å². The number of Topliss-reactive ketones (excluding diaryl/α,β-unsaturated/α-hetero) is 1. The number of rotatable bonds is 5. The highest BCUT2D eigenvalue weighted by atomic mass is 32.1. The van der Waals surface area contributed by atoms with Gasteiger partial charge in [-0.1, -0.05) is 6.07 Å². The molecule has 0 N–H and O–H groups in total. The number of ether oxygens (including phenoxy) is 1. The predicted octanol–water partition coefficient (Wildman–Crippen LogP) is 2.68. The van der Waals surface area contributed by atoms with Crippen molar-refractivity contribution in [2.24, 2.45) is 5.92 Å². The summed E-state index contributed by atoms with van der Waals surface area (Å²) in [6, 6.07) is 6.60. The van der Waals surface area contributed by atoms with Gasteiger partial charge < -0.3 is 4.74 Å². The molecule has 26 heavy (non-hydrogen) atoms. The Hall–Kier alpha value is -1.60. The Balaban J connectivity index is 1.46. The van der Waals surface area contributed by atoms with Crippen molar-refractivity contribution in [3.63, 3.8) is 0 Å². The molecule has 0 radical (unpaired) electrons. The second-order valence-corrected chi connectivity index (χ2v) is 8.33. The zero-order valence-corrected chi connectivity index (χ0v) is 16.0. The van der Waals surface area contributed by atoms with Crippen LogP contribution in [0.5, 0.6) is 0 Å². The molecule has 2 aliphatic heterocycles. The summed E-state index contributed by atoms with van der Waals surface area (Å²) < 4.78 is 5.94. The monoisotopic (exact) mass is 371 g/mol. The van der Waals surface area contributed by atoms with E-state index in [1.54, 1.807) is 18.3 Å². The highest BCUT2D eigenvalue weighted by molar-refractivity contribution is 7.12. The minimum Gasteiger partial charge on any atom is -0.379 e. The van der Waals surface area contributed by atoms with Crippen LogP contribution in [0.15, 0.2) is 36.0 Å². The Morgan fingerprint density at radius 2 is 2.19 bits per heavy atom. The number of aromatic nitrogens is 1. The van der Waals surface area contributed by atoms with Crippen molar-refractivity contribution >= 4 is 17.1 Å². The minimum atomic E-state index is 0.154. The summed E-state index contributed by atoms with van der Waals surface area (Å²) in [5, 5.41) is 2.12. The lowest BCUT2D eigenvalue weighted by Gasteiger charge is -2.31. The SMILES string of the molecule is CC(=O)c1cc(CN2C[C@H]3COC[C@@H]2CN(Cc2cccnc2)C3)cs1. The van der Waals surface area contributed by atoms with Gasteiger partial charge in [-0.2, -0.15) is 0 Å². The van der Waals surface area contributed by atoms with Gasteiger partial charge in [0.15, 0.2) is 5.78 Å². The average molecular weight is 372 g/mol. The molecule has 4 heterocycles. The standard InChI is InChI=1S/C20H25N3O2S/c1-15(24)20-5-17(14-26-20)9-23-10-18-8-22(11-19(23)13-25-12-18)7-16-3-2-4-21-6-16/h2-6,14,18-19H,7-13H2,1H3/t18-,19-/m0/s1. The first-order valence-corrected chi connectivity index (χ1v) is 10.1. The van der Waals surface area contributed by atoms with E-state index in [1.807, 2.05) is 18.5 Å². The van der Waals surface area contributed by atoms with Crippen LogP contribution in [0.25, 0.3) is 0 Å². The molecule has 0 aromatic carbocycles. The van der Waals surface area contributed by atoms with Crippen LogP contribution in [0.4, 0.5) is 0 Å². The summed E-state index contributed by atoms with van der Waals surface area (Å²) >= 11 is 1.55. The first-order chi connectivity index (χ1) is 12.7. The van der Waals surface area contributed by atoms with Gasteiger partial charge in [0.25, 0.3) is 0 Å². The van der Waals surface area contributed by atoms with Crippen molar-refractivity contribution < 1.29 is 9.53 Å². The third kappa shape index (κ3) is 4.20. The van der Waals surface area contributed by atoms with E-state index in [0.717, 1.165) is 50.8 Å². The third-order valence-electron chi connectivity index (χ3n) is 5.17. The second-order valence-electron chi connectivity index (χ2n) is 7.42. The van der Waals surface area contributed by atoms with Crippen LogP contribution >= 0.6 is 11.3 Å². The number of ketones is 1. The molecule has 2 aromatic heterocycles. The van der Waals surface area contributed by atoms with Gasteiger partial charge in [0.2, 0.25) is 0 Å². The van der Waals surface area contributed by atoms with E-state index in [0.29, 0.717) is 12.0 Å². The van der Waals surface area contributed by atoms with Gasteiger partial charge in [-0.3, -0.25) is 19.6 Å². The minimum absolute atomic E-state index is 0.154. The van der Waals surface area contributed by atoms with Crippen molar-refractivity contribution in [2.45, 2.75) is 26.1 Å². The van der Waals surface area contributed by atoms with Gasteiger partial charge in [-0.25, -0.2) is 0 Å². The molecule has 0 saturated carbocycles. The van der Waals surface area contributed by atoms with Crippen LogP contribution in [0.2, 0.25) is 0 Å². The topological polar surface area (TPSA) is 45.7 Å². The number of carbonyl (C=O) groups excluding carboxylic acids is 1. The van der Waals surface area contributed by atoms with E-state index in [1.165, 1.54) is 11.1 Å². The maximum atomic E-state index is 11.6. The molecule has 2 atom stereocenters. The third-order valence-corrected chi connectivity index (χ3v) is 6.25. The number of nitrogens with zero attached hydrogens (tertiary/aromatic N) is 3. The first kappa shape index (κ1) is 17.8. The highest BCUT2D eigenvalue weighted by Gasteiger charge is 2.33. The lowest BCUT2D eigenvalue weighted by atomic mass is 10.1.